The standard InChI is InChI=1S/C42H24O2/c1-2-12-27-25(11-1)23-36(29-14-4-3-13-28(27)29)39-31-16-5-7-18-33(31)40(34-19-8-6-17-32(34)39)38-24-26-21-22-35-30-15-9-10-20-37(30)43-42(35)41(26)44-38/h1-24H. The van der Waals surface area contributed by atoms with Crippen molar-refractivity contribution in [2.75, 3.05) is 0 Å². The van der Waals surface area contributed by atoms with Crippen LogP contribution in [-0.2, 0) is 0 Å². The second-order valence-electron chi connectivity index (χ2n) is 11.6. The molecule has 0 aliphatic rings. The first-order chi connectivity index (χ1) is 21.8. The largest absolute Gasteiger partial charge is 0.452 e. The highest BCUT2D eigenvalue weighted by molar-refractivity contribution is 6.26. The molecule has 0 atom stereocenters. The Morgan fingerprint density at radius 2 is 0.886 bits per heavy atom. The first-order valence-corrected chi connectivity index (χ1v) is 15.0. The quantitative estimate of drug-likeness (QED) is 0.155. The van der Waals surface area contributed by atoms with Crippen molar-refractivity contribution in [3.05, 3.63) is 146 Å². The molecule has 0 N–H and O–H groups in total. The van der Waals surface area contributed by atoms with Gasteiger partial charge < -0.3 is 8.83 Å². The monoisotopic (exact) mass is 560 g/mol. The number of para-hydroxylation sites is 1. The molecule has 10 rings (SSSR count). The molecule has 0 radical (unpaired) electrons. The first kappa shape index (κ1) is 23.7. The average molecular weight is 561 g/mol. The van der Waals surface area contributed by atoms with Gasteiger partial charge >= 0.3 is 0 Å². The maximum absolute atomic E-state index is 6.79. The third-order valence-electron chi connectivity index (χ3n) is 9.25. The second kappa shape index (κ2) is 8.82. The molecule has 2 nitrogen and oxygen atoms in total. The number of hydrogen-bond donors (Lipinski definition) is 0. The molecule has 0 amide bonds. The molecule has 0 bridgehead atoms. The number of fused-ring (bicyclic) bond motifs is 10. The predicted octanol–water partition coefficient (Wildman–Crippen LogP) is 12.3. The van der Waals surface area contributed by atoms with E-state index in [1.165, 1.54) is 54.2 Å². The van der Waals surface area contributed by atoms with Gasteiger partial charge in [-0.2, -0.15) is 0 Å². The molecular formula is C42H24O2. The topological polar surface area (TPSA) is 26.3 Å². The Bertz CT molecular complexity index is 2720. The summed E-state index contributed by atoms with van der Waals surface area (Å²) in [6.45, 7) is 0. The van der Waals surface area contributed by atoms with Crippen LogP contribution < -0.4 is 0 Å². The van der Waals surface area contributed by atoms with Crippen LogP contribution in [0.4, 0.5) is 0 Å². The van der Waals surface area contributed by atoms with Crippen molar-refractivity contribution in [3.8, 4) is 22.5 Å². The Kier molecular flexibility index (Phi) is 4.75. The summed E-state index contributed by atoms with van der Waals surface area (Å²) in [5.41, 5.74) is 6.04. The van der Waals surface area contributed by atoms with E-state index in [0.717, 1.165) is 44.2 Å². The summed E-state index contributed by atoms with van der Waals surface area (Å²) >= 11 is 0. The second-order valence-corrected chi connectivity index (χ2v) is 11.6. The molecule has 2 heterocycles. The van der Waals surface area contributed by atoms with E-state index in [2.05, 4.69) is 127 Å². The number of benzene rings is 8. The fourth-order valence-electron chi connectivity index (χ4n) is 7.35. The fourth-order valence-corrected chi connectivity index (χ4v) is 7.35. The van der Waals surface area contributed by atoms with Gasteiger partial charge in [0.1, 0.15) is 11.3 Å². The summed E-state index contributed by atoms with van der Waals surface area (Å²) in [5.74, 6) is 0.843. The summed E-state index contributed by atoms with van der Waals surface area (Å²) in [7, 11) is 0. The predicted molar refractivity (Wildman–Crippen MR) is 184 cm³/mol. The molecule has 0 aliphatic carbocycles. The van der Waals surface area contributed by atoms with Crippen molar-refractivity contribution in [3.63, 3.8) is 0 Å². The highest BCUT2D eigenvalue weighted by atomic mass is 16.4. The minimum absolute atomic E-state index is 0.784. The minimum Gasteiger partial charge on any atom is -0.452 e. The van der Waals surface area contributed by atoms with Gasteiger partial charge in [-0.25, -0.2) is 0 Å². The molecule has 0 saturated carbocycles. The summed E-state index contributed by atoms with van der Waals surface area (Å²) in [6, 6.07) is 52.0. The van der Waals surface area contributed by atoms with Crippen LogP contribution in [-0.4, -0.2) is 0 Å². The third kappa shape index (κ3) is 3.20. The minimum atomic E-state index is 0.784. The van der Waals surface area contributed by atoms with Gasteiger partial charge in [-0.1, -0.05) is 121 Å². The molecule has 204 valence electrons. The SMILES string of the molecule is c1ccc2c(c1)cc(-c1c3ccccc3c(-c3cc4ccc5c6ccccc6oc5c4o3)c3ccccc13)c1ccccc12. The number of rotatable bonds is 2. The average Bonchev–Trinajstić information content (AvgIpc) is 3.68. The van der Waals surface area contributed by atoms with Crippen molar-refractivity contribution in [1.29, 1.82) is 0 Å². The van der Waals surface area contributed by atoms with Gasteiger partial charge in [-0.15, -0.1) is 0 Å². The molecule has 0 unspecified atom stereocenters. The van der Waals surface area contributed by atoms with Crippen molar-refractivity contribution in [2.45, 2.75) is 0 Å². The van der Waals surface area contributed by atoms with E-state index in [-0.39, 0.29) is 0 Å². The molecule has 8 aromatic carbocycles. The van der Waals surface area contributed by atoms with Crippen LogP contribution in [0, 0.1) is 0 Å². The zero-order valence-electron chi connectivity index (χ0n) is 23.7. The van der Waals surface area contributed by atoms with E-state index < -0.39 is 0 Å². The lowest BCUT2D eigenvalue weighted by Crippen LogP contribution is -1.91. The van der Waals surface area contributed by atoms with Crippen molar-refractivity contribution < 1.29 is 8.83 Å². The molecule has 2 aromatic heterocycles. The maximum atomic E-state index is 6.79. The van der Waals surface area contributed by atoms with Crippen LogP contribution in [0.1, 0.15) is 0 Å². The zero-order chi connectivity index (χ0) is 28.8. The molecule has 2 heteroatoms. The number of furan rings is 2. The van der Waals surface area contributed by atoms with E-state index in [9.17, 15) is 0 Å². The summed E-state index contributed by atoms with van der Waals surface area (Å²) in [4.78, 5) is 0. The lowest BCUT2D eigenvalue weighted by Gasteiger charge is -2.18. The normalized spacial score (nSPS) is 12.1. The van der Waals surface area contributed by atoms with Crippen LogP contribution in [0.5, 0.6) is 0 Å². The molecule has 0 aliphatic heterocycles. The Labute approximate surface area is 252 Å². The first-order valence-electron chi connectivity index (χ1n) is 15.0. The fraction of sp³-hybridized carbons (Fsp3) is 0. The lowest BCUT2D eigenvalue weighted by molar-refractivity contribution is 0.612. The van der Waals surface area contributed by atoms with Crippen LogP contribution in [0.3, 0.4) is 0 Å². The Balaban J connectivity index is 1.33. The lowest BCUT2D eigenvalue weighted by atomic mass is 9.85. The van der Waals surface area contributed by atoms with Gasteiger partial charge in [0.25, 0.3) is 0 Å². The van der Waals surface area contributed by atoms with Gasteiger partial charge in [-0.3, -0.25) is 0 Å². The smallest absolute Gasteiger partial charge is 0.178 e. The summed E-state index contributed by atoms with van der Waals surface area (Å²) in [6.07, 6.45) is 0. The summed E-state index contributed by atoms with van der Waals surface area (Å²) < 4.78 is 13.1. The van der Waals surface area contributed by atoms with Crippen molar-refractivity contribution >= 4 is 76.0 Å². The number of hydrogen-bond acceptors (Lipinski definition) is 2. The van der Waals surface area contributed by atoms with E-state index in [4.69, 9.17) is 8.83 Å². The molecular weight excluding hydrogens is 536 g/mol. The van der Waals surface area contributed by atoms with Gasteiger partial charge in [0, 0.05) is 21.7 Å². The third-order valence-corrected chi connectivity index (χ3v) is 9.25. The van der Waals surface area contributed by atoms with Crippen molar-refractivity contribution in [1.82, 2.24) is 0 Å². The van der Waals surface area contributed by atoms with Crippen molar-refractivity contribution in [2.24, 2.45) is 0 Å². The van der Waals surface area contributed by atoms with Gasteiger partial charge in [0.15, 0.2) is 11.2 Å². The molecule has 0 fully saturated rings. The maximum Gasteiger partial charge on any atom is 0.178 e. The Morgan fingerprint density at radius 3 is 1.61 bits per heavy atom. The van der Waals surface area contributed by atoms with E-state index in [1.54, 1.807) is 0 Å². The zero-order valence-corrected chi connectivity index (χ0v) is 23.7. The van der Waals surface area contributed by atoms with Crippen LogP contribution in [0.2, 0.25) is 0 Å². The van der Waals surface area contributed by atoms with Gasteiger partial charge in [-0.05, 0) is 78.5 Å². The van der Waals surface area contributed by atoms with E-state index in [0.29, 0.717) is 0 Å². The van der Waals surface area contributed by atoms with Crippen LogP contribution in [0.15, 0.2) is 154 Å². The highest BCUT2D eigenvalue weighted by Crippen LogP contribution is 2.48. The molecule has 44 heavy (non-hydrogen) atoms. The van der Waals surface area contributed by atoms with E-state index >= 15 is 0 Å². The molecule has 0 spiro atoms. The molecule has 0 saturated heterocycles. The van der Waals surface area contributed by atoms with Crippen LogP contribution in [0.25, 0.3) is 98.4 Å². The van der Waals surface area contributed by atoms with Gasteiger partial charge in [0.05, 0.1) is 0 Å². The van der Waals surface area contributed by atoms with Gasteiger partial charge in [0.2, 0.25) is 0 Å². The highest BCUT2D eigenvalue weighted by Gasteiger charge is 2.22. The molecule has 10 aromatic rings. The Morgan fingerprint density at radius 1 is 0.318 bits per heavy atom. The van der Waals surface area contributed by atoms with Crippen LogP contribution >= 0.6 is 0 Å². The Hall–Kier alpha value is -5.86. The summed E-state index contributed by atoms with van der Waals surface area (Å²) in [5, 5.41) is 13.0. The van der Waals surface area contributed by atoms with E-state index in [1.807, 2.05) is 18.2 Å².